The van der Waals surface area contributed by atoms with E-state index in [0.29, 0.717) is 0 Å². The minimum Gasteiger partial charge on any atom is -0.421 e. The summed E-state index contributed by atoms with van der Waals surface area (Å²) in [4.78, 5) is 11.6. The fourth-order valence-corrected chi connectivity index (χ4v) is 5.56. The quantitative estimate of drug-likeness (QED) is 0.468. The van der Waals surface area contributed by atoms with Gasteiger partial charge in [0.2, 0.25) is 0 Å². The van der Waals surface area contributed by atoms with Gasteiger partial charge in [-0.15, -0.1) is 0 Å². The van der Waals surface area contributed by atoms with Crippen molar-refractivity contribution in [1.29, 1.82) is 0 Å². The molecular weight excluding hydrogens is 283 g/mol. The Hall–Kier alpha value is -1.16. The second kappa shape index (κ2) is 7.21. The molecule has 0 heterocycles. The van der Waals surface area contributed by atoms with Crippen LogP contribution in [0.4, 0.5) is 0 Å². The summed E-state index contributed by atoms with van der Waals surface area (Å²) < 4.78 is 0. The maximum Gasteiger partial charge on any atom is 1.00 e. The maximum atomic E-state index is 11.6. The van der Waals surface area contributed by atoms with Crippen LogP contribution in [0.15, 0.2) is 91.0 Å². The first kappa shape index (κ1) is 16.2. The standard InChI is InChI=1S/C18H16OSi.Na/c19-20(16-10-4-1-5-11-16,17-12-6-2-7-13-17)18-14-8-3-9-15-18;/h1-15,19H;/q;+1. The Morgan fingerprint density at radius 2 is 0.714 bits per heavy atom. The molecule has 0 atom stereocenters. The molecule has 1 nitrogen and oxygen atoms in total. The maximum absolute atomic E-state index is 11.6. The Kier molecular flexibility index (Phi) is 5.56. The number of hydrogen-bond acceptors (Lipinski definition) is 1. The van der Waals surface area contributed by atoms with Crippen LogP contribution in [0.3, 0.4) is 0 Å². The fraction of sp³-hybridized carbons (Fsp3) is 0. The van der Waals surface area contributed by atoms with Crippen LogP contribution in [0.25, 0.3) is 0 Å². The zero-order valence-electron chi connectivity index (χ0n) is 12.1. The van der Waals surface area contributed by atoms with E-state index in [9.17, 15) is 4.80 Å². The molecule has 3 aromatic carbocycles. The van der Waals surface area contributed by atoms with E-state index in [-0.39, 0.29) is 29.6 Å². The van der Waals surface area contributed by atoms with Gasteiger partial charge >= 0.3 is 29.6 Å². The van der Waals surface area contributed by atoms with Gasteiger partial charge in [-0.1, -0.05) is 91.0 Å². The first-order valence-electron chi connectivity index (χ1n) is 6.71. The molecule has 21 heavy (non-hydrogen) atoms. The fourth-order valence-electron chi connectivity index (χ4n) is 2.54. The smallest absolute Gasteiger partial charge is 0.421 e. The molecule has 0 saturated heterocycles. The summed E-state index contributed by atoms with van der Waals surface area (Å²) in [6.07, 6.45) is 0. The van der Waals surface area contributed by atoms with Gasteiger partial charge in [0.05, 0.1) is 0 Å². The van der Waals surface area contributed by atoms with Crippen LogP contribution in [0.5, 0.6) is 0 Å². The molecule has 0 unspecified atom stereocenters. The van der Waals surface area contributed by atoms with Crippen molar-refractivity contribution in [2.45, 2.75) is 0 Å². The van der Waals surface area contributed by atoms with Gasteiger partial charge in [-0.3, -0.25) is 0 Å². The molecule has 0 spiro atoms. The second-order valence-corrected chi connectivity index (χ2v) is 7.96. The molecule has 0 fully saturated rings. The molecule has 0 aliphatic carbocycles. The number of rotatable bonds is 3. The molecule has 3 heteroatoms. The normalized spacial score (nSPS) is 10.7. The largest absolute Gasteiger partial charge is 1.00 e. The molecule has 0 aliphatic rings. The average Bonchev–Trinajstić information content (AvgIpc) is 2.56. The zero-order valence-corrected chi connectivity index (χ0v) is 15.1. The van der Waals surface area contributed by atoms with Gasteiger partial charge in [0.15, 0.2) is 0 Å². The Labute approximate surface area is 148 Å². The summed E-state index contributed by atoms with van der Waals surface area (Å²) in [6, 6.07) is 30.0. The summed E-state index contributed by atoms with van der Waals surface area (Å²) in [7, 11) is -2.88. The Balaban J connectivity index is 0.00000161. The molecule has 1 N–H and O–H groups in total. The van der Waals surface area contributed by atoms with Crippen LogP contribution in [-0.2, 0) is 0 Å². The third-order valence-electron chi connectivity index (χ3n) is 3.57. The molecular formula is C18H16NaOSi+. The predicted octanol–water partition coefficient (Wildman–Crippen LogP) is -1.35. The topological polar surface area (TPSA) is 20.2 Å². The van der Waals surface area contributed by atoms with E-state index in [0.717, 1.165) is 15.6 Å². The molecule has 98 valence electrons. The van der Waals surface area contributed by atoms with Crippen molar-refractivity contribution in [3.8, 4) is 0 Å². The predicted molar refractivity (Wildman–Crippen MR) is 86.2 cm³/mol. The van der Waals surface area contributed by atoms with E-state index in [4.69, 9.17) is 0 Å². The summed E-state index contributed by atoms with van der Waals surface area (Å²) in [5.74, 6) is 0. The zero-order chi connectivity index (χ0) is 13.8. The summed E-state index contributed by atoms with van der Waals surface area (Å²) in [5, 5.41) is 3.03. The minimum absolute atomic E-state index is 0. The van der Waals surface area contributed by atoms with E-state index < -0.39 is 8.32 Å². The Morgan fingerprint density at radius 1 is 0.476 bits per heavy atom. The van der Waals surface area contributed by atoms with Crippen molar-refractivity contribution in [1.82, 2.24) is 0 Å². The van der Waals surface area contributed by atoms with Gasteiger partial charge in [0.25, 0.3) is 8.32 Å². The van der Waals surface area contributed by atoms with Gasteiger partial charge in [-0.25, -0.2) is 0 Å². The van der Waals surface area contributed by atoms with Crippen LogP contribution in [0, 0.1) is 0 Å². The molecule has 0 aromatic heterocycles. The van der Waals surface area contributed by atoms with Crippen LogP contribution in [0.2, 0.25) is 0 Å². The third-order valence-corrected chi connectivity index (χ3v) is 7.08. The molecule has 0 saturated carbocycles. The van der Waals surface area contributed by atoms with Crippen molar-refractivity contribution >= 4 is 23.9 Å². The van der Waals surface area contributed by atoms with E-state index in [1.165, 1.54) is 0 Å². The average molecular weight is 299 g/mol. The van der Waals surface area contributed by atoms with E-state index in [1.807, 2.05) is 91.0 Å². The van der Waals surface area contributed by atoms with E-state index >= 15 is 0 Å². The summed E-state index contributed by atoms with van der Waals surface area (Å²) in [6.45, 7) is 0. The monoisotopic (exact) mass is 299 g/mol. The van der Waals surface area contributed by atoms with Gasteiger partial charge in [-0.05, 0) is 15.6 Å². The Morgan fingerprint density at radius 3 is 0.952 bits per heavy atom. The van der Waals surface area contributed by atoms with Gasteiger partial charge in [0.1, 0.15) is 0 Å². The number of hydrogen-bond donors (Lipinski definition) is 1. The molecule has 0 radical (unpaired) electrons. The summed E-state index contributed by atoms with van der Waals surface area (Å²) in [5.41, 5.74) is 0. The first-order chi connectivity index (χ1) is 9.82. The third kappa shape index (κ3) is 3.20. The number of benzene rings is 3. The SMILES string of the molecule is O[Si](c1ccccc1)(c1ccccc1)c1ccccc1.[Na+]. The van der Waals surface area contributed by atoms with Crippen molar-refractivity contribution in [3.05, 3.63) is 91.0 Å². The van der Waals surface area contributed by atoms with Crippen LogP contribution < -0.4 is 45.1 Å². The Bertz CT molecular complexity index is 575. The molecule has 3 aromatic rings. The minimum atomic E-state index is -2.88. The van der Waals surface area contributed by atoms with E-state index in [1.54, 1.807) is 0 Å². The van der Waals surface area contributed by atoms with Gasteiger partial charge < -0.3 is 4.80 Å². The van der Waals surface area contributed by atoms with Crippen molar-refractivity contribution in [2.24, 2.45) is 0 Å². The van der Waals surface area contributed by atoms with Crippen molar-refractivity contribution in [2.75, 3.05) is 0 Å². The van der Waals surface area contributed by atoms with Crippen molar-refractivity contribution < 1.29 is 34.4 Å². The van der Waals surface area contributed by atoms with Gasteiger partial charge in [-0.2, -0.15) is 0 Å². The summed E-state index contributed by atoms with van der Waals surface area (Å²) >= 11 is 0. The van der Waals surface area contributed by atoms with Crippen LogP contribution >= 0.6 is 0 Å². The van der Waals surface area contributed by atoms with Crippen LogP contribution in [-0.4, -0.2) is 13.1 Å². The molecule has 3 rings (SSSR count). The molecule has 0 aliphatic heterocycles. The molecule has 0 amide bonds. The van der Waals surface area contributed by atoms with Crippen molar-refractivity contribution in [3.63, 3.8) is 0 Å². The first-order valence-corrected chi connectivity index (χ1v) is 8.65. The van der Waals surface area contributed by atoms with Gasteiger partial charge in [0, 0.05) is 0 Å². The van der Waals surface area contributed by atoms with E-state index in [2.05, 4.69) is 0 Å². The van der Waals surface area contributed by atoms with Crippen LogP contribution in [0.1, 0.15) is 0 Å². The molecule has 0 bridgehead atoms. The second-order valence-electron chi connectivity index (χ2n) is 4.81.